The van der Waals surface area contributed by atoms with E-state index < -0.39 is 13.4 Å². The van der Waals surface area contributed by atoms with Gasteiger partial charge in [0.1, 0.15) is 0 Å². The van der Waals surface area contributed by atoms with Crippen LogP contribution in [0.1, 0.15) is 25.7 Å². The van der Waals surface area contributed by atoms with Gasteiger partial charge in [0.2, 0.25) is 0 Å². The predicted molar refractivity (Wildman–Crippen MR) is 33.2 cm³/mol. The zero-order valence-corrected chi connectivity index (χ0v) is 5.97. The average molecular weight is 149 g/mol. The third kappa shape index (κ3) is 1.29. The molecule has 0 saturated heterocycles. The molecular weight excluding hydrogens is 139 g/mol. The van der Waals surface area contributed by atoms with Gasteiger partial charge in [-0.3, -0.25) is 0 Å². The Morgan fingerprint density at radius 2 is 1.78 bits per heavy atom. The molecule has 0 aromatic rings. The smallest absolute Gasteiger partial charge is 0.346 e. The number of hydrogen-bond donors (Lipinski definition) is 2. The van der Waals surface area contributed by atoms with Crippen molar-refractivity contribution >= 4 is 8.03 Å². The molecule has 1 aliphatic carbocycles. The molecule has 0 radical (unpaired) electrons. The first-order chi connectivity index (χ1) is 4.15. The van der Waals surface area contributed by atoms with Crippen LogP contribution in [0, 0.1) is 0 Å². The van der Waals surface area contributed by atoms with E-state index in [0.29, 0.717) is 12.8 Å². The van der Waals surface area contributed by atoms with Gasteiger partial charge in [-0.25, -0.2) is 0 Å². The van der Waals surface area contributed by atoms with Crippen molar-refractivity contribution in [1.82, 2.24) is 0 Å². The summed E-state index contributed by atoms with van der Waals surface area (Å²) >= 11 is 0. The predicted octanol–water partition coefficient (Wildman–Crippen LogP) is 0.984. The molecule has 52 valence electrons. The Labute approximate surface area is 54.6 Å². The standard InChI is InChI=1S/C5H9O3P/c6-5(9(7)8)3-1-2-4-5/h6H,1-4H2/p+1. The fourth-order valence-corrected chi connectivity index (χ4v) is 1.83. The summed E-state index contributed by atoms with van der Waals surface area (Å²) in [6.45, 7) is 0. The third-order valence-electron chi connectivity index (χ3n) is 1.76. The highest BCUT2D eigenvalue weighted by atomic mass is 31.1. The summed E-state index contributed by atoms with van der Waals surface area (Å²) in [6.07, 6.45) is 2.72. The summed E-state index contributed by atoms with van der Waals surface area (Å²) in [5.41, 5.74) is 0. The first-order valence-corrected chi connectivity index (χ1v) is 4.25. The van der Waals surface area contributed by atoms with Crippen molar-refractivity contribution in [2.75, 3.05) is 0 Å². The maximum absolute atomic E-state index is 10.4. The number of hydrogen-bond acceptors (Lipinski definition) is 2. The van der Waals surface area contributed by atoms with Crippen molar-refractivity contribution in [2.24, 2.45) is 0 Å². The van der Waals surface area contributed by atoms with Gasteiger partial charge in [-0.1, -0.05) is 0 Å². The second-order valence-corrected chi connectivity index (χ2v) is 3.84. The van der Waals surface area contributed by atoms with E-state index >= 15 is 0 Å². The normalized spacial score (nSPS) is 26.2. The van der Waals surface area contributed by atoms with Gasteiger partial charge in [-0.15, -0.1) is 0 Å². The average Bonchev–Trinajstić information content (AvgIpc) is 2.16. The van der Waals surface area contributed by atoms with Crippen LogP contribution in [0.3, 0.4) is 0 Å². The second-order valence-electron chi connectivity index (χ2n) is 2.46. The van der Waals surface area contributed by atoms with E-state index in [4.69, 9.17) is 4.89 Å². The zero-order valence-electron chi connectivity index (χ0n) is 5.08. The van der Waals surface area contributed by atoms with Crippen LogP contribution >= 0.6 is 8.03 Å². The van der Waals surface area contributed by atoms with E-state index in [1.165, 1.54) is 0 Å². The molecular formula is C5H10O3P+. The van der Waals surface area contributed by atoms with Gasteiger partial charge in [0.05, 0.1) is 0 Å². The minimum Gasteiger partial charge on any atom is -0.346 e. The lowest BCUT2D eigenvalue weighted by atomic mass is 10.3. The fraction of sp³-hybridized carbons (Fsp3) is 1.00. The van der Waals surface area contributed by atoms with Gasteiger partial charge >= 0.3 is 8.03 Å². The van der Waals surface area contributed by atoms with Crippen LogP contribution in [0.15, 0.2) is 0 Å². The molecule has 1 fully saturated rings. The van der Waals surface area contributed by atoms with Gasteiger partial charge in [-0.05, 0) is 17.4 Å². The molecule has 3 nitrogen and oxygen atoms in total. The minimum atomic E-state index is -2.38. The maximum Gasteiger partial charge on any atom is 0.540 e. The molecule has 0 heterocycles. The number of aliphatic hydroxyl groups is 1. The highest BCUT2D eigenvalue weighted by Crippen LogP contribution is 2.45. The third-order valence-corrected chi connectivity index (χ3v) is 2.92. The van der Waals surface area contributed by atoms with Crippen LogP contribution in [-0.4, -0.2) is 15.3 Å². The number of rotatable bonds is 1. The minimum absolute atomic E-state index is 0.485. The van der Waals surface area contributed by atoms with Gasteiger partial charge in [0, 0.05) is 12.8 Å². The van der Waals surface area contributed by atoms with Crippen LogP contribution in [0.4, 0.5) is 0 Å². The van der Waals surface area contributed by atoms with Crippen LogP contribution < -0.4 is 0 Å². The van der Waals surface area contributed by atoms with E-state index in [2.05, 4.69) is 0 Å². The molecule has 0 bridgehead atoms. The lowest BCUT2D eigenvalue weighted by Gasteiger charge is -2.03. The van der Waals surface area contributed by atoms with Crippen LogP contribution in [0.2, 0.25) is 0 Å². The zero-order chi connectivity index (χ0) is 6.91. The molecule has 1 saturated carbocycles. The summed E-state index contributed by atoms with van der Waals surface area (Å²) in [4.78, 5) is 8.57. The van der Waals surface area contributed by atoms with Crippen molar-refractivity contribution in [1.29, 1.82) is 0 Å². The fourth-order valence-electron chi connectivity index (χ4n) is 1.13. The van der Waals surface area contributed by atoms with Crippen LogP contribution in [0.25, 0.3) is 0 Å². The van der Waals surface area contributed by atoms with Gasteiger partial charge in [0.15, 0.2) is 0 Å². The highest BCUT2D eigenvalue weighted by Gasteiger charge is 2.49. The Hall–Kier alpha value is 0.0200. The van der Waals surface area contributed by atoms with E-state index in [1.807, 2.05) is 0 Å². The molecule has 9 heavy (non-hydrogen) atoms. The second kappa shape index (κ2) is 2.33. The summed E-state index contributed by atoms with van der Waals surface area (Å²) in [5, 5.41) is 7.99. The first kappa shape index (κ1) is 7.13. The Kier molecular flexibility index (Phi) is 1.85. The highest BCUT2D eigenvalue weighted by molar-refractivity contribution is 7.39. The molecule has 2 N–H and O–H groups in total. The van der Waals surface area contributed by atoms with E-state index in [-0.39, 0.29) is 0 Å². The molecule has 1 rings (SSSR count). The summed E-state index contributed by atoms with van der Waals surface area (Å²) in [5.74, 6) is 0. The monoisotopic (exact) mass is 149 g/mol. The molecule has 0 spiro atoms. The van der Waals surface area contributed by atoms with Crippen molar-refractivity contribution < 1.29 is 14.6 Å². The van der Waals surface area contributed by atoms with E-state index in [0.717, 1.165) is 12.8 Å². The van der Waals surface area contributed by atoms with Crippen LogP contribution in [0.5, 0.6) is 0 Å². The molecule has 1 aliphatic rings. The van der Waals surface area contributed by atoms with Crippen molar-refractivity contribution in [3.63, 3.8) is 0 Å². The molecule has 0 amide bonds. The van der Waals surface area contributed by atoms with Crippen molar-refractivity contribution in [2.45, 2.75) is 31.0 Å². The van der Waals surface area contributed by atoms with Crippen molar-refractivity contribution in [3.05, 3.63) is 0 Å². The Bertz CT molecular complexity index is 128. The van der Waals surface area contributed by atoms with Gasteiger partial charge < -0.3 is 5.11 Å². The maximum atomic E-state index is 10.4. The lowest BCUT2D eigenvalue weighted by molar-refractivity contribution is 0.123. The van der Waals surface area contributed by atoms with Gasteiger partial charge in [-0.2, -0.15) is 4.89 Å². The lowest BCUT2D eigenvalue weighted by Crippen LogP contribution is -2.17. The van der Waals surface area contributed by atoms with Crippen molar-refractivity contribution in [3.8, 4) is 0 Å². The van der Waals surface area contributed by atoms with E-state index in [1.54, 1.807) is 0 Å². The molecule has 1 atom stereocenters. The summed E-state index contributed by atoms with van der Waals surface area (Å²) < 4.78 is 10.4. The molecule has 4 heteroatoms. The van der Waals surface area contributed by atoms with E-state index in [9.17, 15) is 9.67 Å². The molecule has 0 aromatic carbocycles. The summed E-state index contributed by atoms with van der Waals surface area (Å²) in [7, 11) is -2.38. The quantitative estimate of drug-likeness (QED) is 0.546. The molecule has 1 unspecified atom stereocenters. The SMILES string of the molecule is O=[P+](O)C1(O)CCCC1. The van der Waals surface area contributed by atoms with Crippen LogP contribution in [-0.2, 0) is 4.57 Å². The Morgan fingerprint density at radius 3 is 2.00 bits per heavy atom. The molecule has 0 aromatic heterocycles. The van der Waals surface area contributed by atoms with Gasteiger partial charge in [0.25, 0.3) is 5.34 Å². The Morgan fingerprint density at radius 1 is 1.33 bits per heavy atom. The first-order valence-electron chi connectivity index (χ1n) is 3.04. The largest absolute Gasteiger partial charge is 0.540 e. The molecule has 0 aliphatic heterocycles. The topological polar surface area (TPSA) is 57.5 Å². The summed E-state index contributed by atoms with van der Waals surface area (Å²) in [6, 6.07) is 0. The Balaban J connectivity index is 2.61.